The summed E-state index contributed by atoms with van der Waals surface area (Å²) in [4.78, 5) is 10.2. The van der Waals surface area contributed by atoms with E-state index in [2.05, 4.69) is 89.4 Å². The van der Waals surface area contributed by atoms with Crippen LogP contribution in [0.4, 0.5) is 0 Å². The quantitative estimate of drug-likeness (QED) is 0.368. The van der Waals surface area contributed by atoms with Gasteiger partial charge in [0.15, 0.2) is 0 Å². The first-order valence-corrected chi connectivity index (χ1v) is 12.3. The van der Waals surface area contributed by atoms with Crippen molar-refractivity contribution in [1.29, 1.82) is 0 Å². The zero-order valence-electron chi connectivity index (χ0n) is 17.4. The molecule has 3 rings (SSSR count). The van der Waals surface area contributed by atoms with Crippen molar-refractivity contribution in [3.05, 3.63) is 47.5 Å². The highest BCUT2D eigenvalue weighted by Gasteiger charge is 2.41. The summed E-state index contributed by atoms with van der Waals surface area (Å²) in [6.45, 7) is 14.7. The molecule has 0 spiro atoms. The second-order valence-corrected chi connectivity index (χ2v) is 14.1. The predicted octanol–water partition coefficient (Wildman–Crippen LogP) is 6.03. The van der Waals surface area contributed by atoms with Gasteiger partial charge in [-0.05, 0) is 33.6 Å². The average Bonchev–Trinajstić information content (AvgIpc) is 3.15. The SMILES string of the molecule is CC(C)[Si](C#Cc1cccc2cccc(C3[B]OOC3)c12)(C(C)C)C(C)C. The Morgan fingerprint density at radius 1 is 0.963 bits per heavy atom. The Balaban J connectivity index is 2.17. The van der Waals surface area contributed by atoms with Gasteiger partial charge in [-0.15, -0.1) is 5.54 Å². The minimum Gasteiger partial charge on any atom is -0.310 e. The van der Waals surface area contributed by atoms with E-state index in [0.29, 0.717) is 23.2 Å². The maximum Gasteiger partial charge on any atom is 0.354 e. The average molecular weight is 377 g/mol. The summed E-state index contributed by atoms with van der Waals surface area (Å²) < 4.78 is 0. The first kappa shape index (κ1) is 20.2. The highest BCUT2D eigenvalue weighted by atomic mass is 28.3. The van der Waals surface area contributed by atoms with Gasteiger partial charge < -0.3 is 4.81 Å². The molecule has 0 aliphatic carbocycles. The van der Waals surface area contributed by atoms with Gasteiger partial charge in [0.2, 0.25) is 0 Å². The van der Waals surface area contributed by atoms with Crippen LogP contribution >= 0.6 is 0 Å². The van der Waals surface area contributed by atoms with Crippen molar-refractivity contribution < 1.29 is 9.69 Å². The van der Waals surface area contributed by atoms with Crippen LogP contribution in [-0.4, -0.2) is 22.2 Å². The molecule has 1 saturated heterocycles. The molecule has 0 N–H and O–H groups in total. The molecule has 1 atom stereocenters. The van der Waals surface area contributed by atoms with Crippen molar-refractivity contribution >= 4 is 26.3 Å². The third-order valence-corrected chi connectivity index (χ3v) is 12.4. The molecule has 1 radical (unpaired) electrons. The molecule has 1 heterocycles. The van der Waals surface area contributed by atoms with Crippen LogP contribution in [0.2, 0.25) is 16.6 Å². The lowest BCUT2D eigenvalue weighted by atomic mass is 9.74. The summed E-state index contributed by atoms with van der Waals surface area (Å²) >= 11 is 0. The van der Waals surface area contributed by atoms with E-state index in [0.717, 1.165) is 5.56 Å². The standard InChI is InChI=1S/C23H30BO2Si/c1-16(2)27(17(3)4,18(5)6)14-13-20-10-7-9-19-11-8-12-21(23(19)20)22-15-25-26-24-22/h7-12,16-18,22H,15H2,1-6H3. The lowest BCUT2D eigenvalue weighted by molar-refractivity contribution is -0.183. The van der Waals surface area contributed by atoms with Crippen LogP contribution in [0.3, 0.4) is 0 Å². The lowest BCUT2D eigenvalue weighted by Gasteiger charge is -2.38. The molecule has 1 unspecified atom stereocenters. The van der Waals surface area contributed by atoms with E-state index in [-0.39, 0.29) is 5.82 Å². The normalized spacial score (nSPS) is 17.4. The number of fused-ring (bicyclic) bond motifs is 1. The zero-order valence-corrected chi connectivity index (χ0v) is 18.4. The molecule has 141 valence electrons. The summed E-state index contributed by atoms with van der Waals surface area (Å²) in [7, 11) is 0.0212. The van der Waals surface area contributed by atoms with Gasteiger partial charge >= 0.3 is 7.48 Å². The second-order valence-electron chi connectivity index (χ2n) is 8.52. The van der Waals surface area contributed by atoms with Gasteiger partial charge in [0.1, 0.15) is 8.07 Å². The second kappa shape index (κ2) is 8.22. The summed E-state index contributed by atoms with van der Waals surface area (Å²) in [5, 5.41) is 2.47. The van der Waals surface area contributed by atoms with E-state index in [4.69, 9.17) is 9.69 Å². The number of rotatable bonds is 4. The van der Waals surface area contributed by atoms with Gasteiger partial charge in [-0.25, -0.2) is 0 Å². The Morgan fingerprint density at radius 3 is 2.15 bits per heavy atom. The van der Waals surface area contributed by atoms with Crippen LogP contribution in [-0.2, 0) is 9.69 Å². The Morgan fingerprint density at radius 2 is 1.59 bits per heavy atom. The molecule has 1 aliphatic rings. The summed E-state index contributed by atoms with van der Waals surface area (Å²) in [5.74, 6) is 3.80. The number of hydrogen-bond acceptors (Lipinski definition) is 2. The van der Waals surface area contributed by atoms with Crippen molar-refractivity contribution in [2.75, 3.05) is 6.61 Å². The Bertz CT molecular complexity index is 831. The molecule has 4 heteroatoms. The van der Waals surface area contributed by atoms with Crippen molar-refractivity contribution in [1.82, 2.24) is 0 Å². The van der Waals surface area contributed by atoms with Crippen molar-refractivity contribution in [3.8, 4) is 11.5 Å². The molecule has 0 aromatic heterocycles. The van der Waals surface area contributed by atoms with Gasteiger partial charge in [-0.2, -0.15) is 0 Å². The third-order valence-electron chi connectivity index (χ3n) is 6.15. The van der Waals surface area contributed by atoms with Crippen LogP contribution in [0.25, 0.3) is 10.8 Å². The monoisotopic (exact) mass is 377 g/mol. The molecule has 0 bridgehead atoms. The minimum atomic E-state index is -1.76. The molecule has 2 aromatic rings. The zero-order chi connectivity index (χ0) is 19.6. The van der Waals surface area contributed by atoms with Crippen molar-refractivity contribution in [2.24, 2.45) is 0 Å². The fraction of sp³-hybridized carbons (Fsp3) is 0.478. The van der Waals surface area contributed by atoms with Crippen LogP contribution in [0.15, 0.2) is 36.4 Å². The van der Waals surface area contributed by atoms with Gasteiger partial charge in [-0.1, -0.05) is 77.8 Å². The number of hydrogen-bond donors (Lipinski definition) is 0. The maximum absolute atomic E-state index is 5.12. The minimum absolute atomic E-state index is 0.152. The van der Waals surface area contributed by atoms with Crippen molar-refractivity contribution in [3.63, 3.8) is 0 Å². The van der Waals surface area contributed by atoms with Gasteiger partial charge in [0.05, 0.1) is 6.61 Å². The van der Waals surface area contributed by atoms with Crippen LogP contribution in [0.5, 0.6) is 0 Å². The summed E-state index contributed by atoms with van der Waals surface area (Å²) in [5.41, 5.74) is 8.13. The van der Waals surface area contributed by atoms with E-state index in [9.17, 15) is 0 Å². The Labute approximate surface area is 165 Å². The van der Waals surface area contributed by atoms with Crippen LogP contribution in [0.1, 0.15) is 58.5 Å². The number of benzene rings is 2. The van der Waals surface area contributed by atoms with Crippen LogP contribution in [0, 0.1) is 11.5 Å². The van der Waals surface area contributed by atoms with E-state index in [1.807, 2.05) is 0 Å². The molecule has 1 fully saturated rings. The smallest absolute Gasteiger partial charge is 0.310 e. The molecular formula is C23H30BO2Si. The molecular weight excluding hydrogens is 347 g/mol. The van der Waals surface area contributed by atoms with E-state index < -0.39 is 8.07 Å². The first-order valence-electron chi connectivity index (χ1n) is 10.0. The fourth-order valence-electron chi connectivity index (χ4n) is 4.81. The van der Waals surface area contributed by atoms with Crippen molar-refractivity contribution in [2.45, 2.75) is 64.0 Å². The molecule has 2 aromatic carbocycles. The predicted molar refractivity (Wildman–Crippen MR) is 117 cm³/mol. The van der Waals surface area contributed by atoms with E-state index >= 15 is 0 Å². The largest absolute Gasteiger partial charge is 0.354 e. The van der Waals surface area contributed by atoms with Gasteiger partial charge in [0, 0.05) is 16.8 Å². The Kier molecular flexibility index (Phi) is 6.15. The highest BCUT2D eigenvalue weighted by Crippen LogP contribution is 2.41. The molecule has 0 saturated carbocycles. The fourth-order valence-corrected chi connectivity index (χ4v) is 10.0. The summed E-state index contributed by atoms with van der Waals surface area (Å²) in [6, 6.07) is 12.9. The first-order chi connectivity index (χ1) is 12.9. The lowest BCUT2D eigenvalue weighted by Crippen LogP contribution is -2.43. The topological polar surface area (TPSA) is 18.5 Å². The van der Waals surface area contributed by atoms with Crippen LogP contribution < -0.4 is 0 Å². The Hall–Kier alpha value is -1.54. The molecule has 1 aliphatic heterocycles. The van der Waals surface area contributed by atoms with E-state index in [1.165, 1.54) is 16.3 Å². The van der Waals surface area contributed by atoms with Gasteiger partial charge in [0.25, 0.3) is 0 Å². The summed E-state index contributed by atoms with van der Waals surface area (Å²) in [6.07, 6.45) is 0. The molecule has 0 amide bonds. The van der Waals surface area contributed by atoms with E-state index in [1.54, 1.807) is 7.48 Å². The highest BCUT2D eigenvalue weighted by molar-refractivity contribution is 6.90. The van der Waals surface area contributed by atoms with Gasteiger partial charge in [-0.3, -0.25) is 4.89 Å². The molecule has 2 nitrogen and oxygen atoms in total. The maximum atomic E-state index is 5.12. The third kappa shape index (κ3) is 3.74. The molecule has 27 heavy (non-hydrogen) atoms.